The predicted octanol–water partition coefficient (Wildman–Crippen LogP) is -0.0245. The minimum absolute atomic E-state index is 0.0425. The number of nitrogens with two attached hydrogens (primary N) is 1. The van der Waals surface area contributed by atoms with Crippen LogP contribution in [-0.4, -0.2) is 262 Å². The topological polar surface area (TPSA) is 496 Å². The van der Waals surface area contributed by atoms with Crippen LogP contribution in [0.15, 0.2) is 66.7 Å². The van der Waals surface area contributed by atoms with Crippen LogP contribution in [0.2, 0.25) is 0 Å². The van der Waals surface area contributed by atoms with Gasteiger partial charge in [0.15, 0.2) is 0 Å². The summed E-state index contributed by atoms with van der Waals surface area (Å²) in [4.78, 5) is 186. The number of carboxylic acid groups (broad SMARTS) is 6. The molecule has 2 fully saturated rings. The molecule has 33 nitrogen and oxygen atoms in total. The lowest BCUT2D eigenvalue weighted by Gasteiger charge is -2.33. The second-order valence-corrected chi connectivity index (χ2v) is 26.8. The van der Waals surface area contributed by atoms with Crippen molar-refractivity contribution in [3.8, 4) is 0 Å². The van der Waals surface area contributed by atoms with Gasteiger partial charge in [0.05, 0.1) is 38.5 Å². The molecule has 3 aromatic rings. The largest absolute Gasteiger partial charge is 0.481 e. The summed E-state index contributed by atoms with van der Waals surface area (Å²) in [5.41, 5.74) is 8.04. The number of benzene rings is 3. The number of hydrogen-bond acceptors (Lipinski definition) is 18. The Morgan fingerprint density at radius 3 is 1.50 bits per heavy atom. The van der Waals surface area contributed by atoms with Crippen molar-refractivity contribution in [2.45, 2.75) is 140 Å². The summed E-state index contributed by atoms with van der Waals surface area (Å²) in [6.45, 7) is 5.08. The zero-order valence-electron chi connectivity index (χ0n) is 58.6. The number of carbonyl (C=O) groups excluding carboxylic acids is 8. The maximum absolute atomic E-state index is 14.4. The third-order valence-electron chi connectivity index (χ3n) is 18.1. The van der Waals surface area contributed by atoms with Gasteiger partial charge >= 0.3 is 41.8 Å². The van der Waals surface area contributed by atoms with Crippen molar-refractivity contribution >= 4 is 94.0 Å². The molecule has 33 heteroatoms. The van der Waals surface area contributed by atoms with Crippen molar-refractivity contribution in [1.29, 1.82) is 0 Å². The number of carboxylic acids is 6. The van der Waals surface area contributed by atoms with Crippen LogP contribution in [0.25, 0.3) is 10.8 Å². The molecule has 566 valence electrons. The fraction of sp³-hybridized carbons (Fsp3) is 0.571. The van der Waals surface area contributed by atoms with Crippen LogP contribution in [0.3, 0.4) is 0 Å². The maximum atomic E-state index is 14.4. The number of urea groups is 1. The number of carbonyl (C=O) groups is 14. The molecular formula is C70H101N13O20. The fourth-order valence-corrected chi connectivity index (χ4v) is 12.3. The van der Waals surface area contributed by atoms with Gasteiger partial charge in [0.1, 0.15) is 30.2 Å². The quantitative estimate of drug-likeness (QED) is 0.0333. The van der Waals surface area contributed by atoms with E-state index < -0.39 is 158 Å². The minimum atomic E-state index is -1.59. The summed E-state index contributed by atoms with van der Waals surface area (Å²) in [5, 5.41) is 80.1. The normalized spacial score (nSPS) is 17.6. The summed E-state index contributed by atoms with van der Waals surface area (Å²) in [5.74, 6) is -13.2. The zero-order valence-corrected chi connectivity index (χ0v) is 58.6. The molecule has 1 saturated heterocycles. The van der Waals surface area contributed by atoms with Crippen molar-refractivity contribution in [2.75, 3.05) is 98.2 Å². The lowest BCUT2D eigenvalue weighted by Crippen LogP contribution is -2.54. The number of hydrogen-bond donors (Lipinski definition) is 15. The Kier molecular flexibility index (Phi) is 35.1. The standard InChI is InChI=1S/C70H101N13O20/c1-43(2)34-45-11-16-48(17-12-45)44(3)63(94)76-56(37-57(71)84)67(98)73-25-23-52(75-58(85)39-80-26-28-81(40-60(88)89)30-32-83(42-62(92)93)33-31-82(29-27-80)41-61(90)91)65(96)74-38-46-13-19-50(20-14-46)64(95)77-55(36-47-15-18-49-8-4-5-9-51(49)35-47)66(97)72-24-7-6-10-53(68(99)100)78-70(103)79-54(69(101)102)21-22-59(86)87/h4-5,8-9,11-12,15-18,35,43-44,46,50,52-56H,6-7,10,13-14,19-34,36-42H2,1-3H3,(H2,71,84)(H,72,97)(H,73,98)(H,74,96)(H,75,85)(H,76,94)(H,77,95)(H,86,87)(H,88,89)(H,90,91)(H,92,93)(H,99,100)(H,101,102)(H2,78,79,103). The molecular weight excluding hydrogens is 1340 g/mol. The minimum Gasteiger partial charge on any atom is -0.481 e. The SMILES string of the molecule is CC(C)Cc1ccc(C(C)C(=O)NC(CC(N)=O)C(=O)NCCC(NC(=O)CN2CCN(CC(=O)O)CCN(CC(=O)O)CCN(CC(=O)O)CC2)C(=O)NCC2CCC(C(=O)NC(Cc3ccc4ccccc4c3)C(=O)NCCCCC(NC(=O)NC(CCC(=O)O)C(=O)O)C(=O)O)CC2)cc1. The van der Waals surface area contributed by atoms with E-state index in [2.05, 4.69) is 56.4 Å². The van der Waals surface area contributed by atoms with Gasteiger partial charge in [-0.15, -0.1) is 0 Å². The van der Waals surface area contributed by atoms with Gasteiger partial charge in [0, 0.05) is 90.8 Å². The number of unbranched alkanes of at least 4 members (excludes halogenated alkanes) is 1. The first-order valence-electron chi connectivity index (χ1n) is 34.8. The molecule has 1 saturated carbocycles. The number of nitrogens with zero attached hydrogens (tertiary/aromatic N) is 4. The molecule has 16 N–H and O–H groups in total. The molecule has 1 aliphatic heterocycles. The predicted molar refractivity (Wildman–Crippen MR) is 374 cm³/mol. The van der Waals surface area contributed by atoms with Gasteiger partial charge < -0.3 is 78.9 Å². The number of primary amides is 1. The van der Waals surface area contributed by atoms with E-state index in [-0.39, 0.29) is 123 Å². The zero-order chi connectivity index (χ0) is 75.7. The van der Waals surface area contributed by atoms with Gasteiger partial charge in [-0.1, -0.05) is 80.6 Å². The molecule has 9 amide bonds. The van der Waals surface area contributed by atoms with E-state index in [9.17, 15) is 92.7 Å². The van der Waals surface area contributed by atoms with E-state index in [1.54, 1.807) is 26.5 Å². The molecule has 1 heterocycles. The highest BCUT2D eigenvalue weighted by Gasteiger charge is 2.33. The number of fused-ring (bicyclic) bond motifs is 1. The smallest absolute Gasteiger partial charge is 0.326 e. The van der Waals surface area contributed by atoms with Gasteiger partial charge in [-0.2, -0.15) is 0 Å². The lowest BCUT2D eigenvalue weighted by atomic mass is 9.81. The summed E-state index contributed by atoms with van der Waals surface area (Å²) in [6, 6.07) is 12.7. The molecule has 0 bridgehead atoms. The molecule has 0 spiro atoms. The van der Waals surface area contributed by atoms with Crippen molar-refractivity contribution in [3.05, 3.63) is 83.4 Å². The van der Waals surface area contributed by atoms with E-state index >= 15 is 0 Å². The summed E-state index contributed by atoms with van der Waals surface area (Å²) < 4.78 is 0. The van der Waals surface area contributed by atoms with Gasteiger partial charge in [-0.05, 0) is 110 Å². The van der Waals surface area contributed by atoms with Crippen molar-refractivity contribution in [1.82, 2.24) is 62.1 Å². The molecule has 6 atom stereocenters. The van der Waals surface area contributed by atoms with Gasteiger partial charge in [-0.3, -0.25) is 72.3 Å². The number of rotatable bonds is 40. The second kappa shape index (κ2) is 43.2. The first-order chi connectivity index (χ1) is 48.9. The van der Waals surface area contributed by atoms with E-state index in [0.29, 0.717) is 37.2 Å². The van der Waals surface area contributed by atoms with Crippen LogP contribution >= 0.6 is 0 Å². The highest BCUT2D eigenvalue weighted by atomic mass is 16.4. The third kappa shape index (κ3) is 31.5. The first kappa shape index (κ1) is 83.8. The van der Waals surface area contributed by atoms with E-state index in [0.717, 1.165) is 28.3 Å². The second-order valence-electron chi connectivity index (χ2n) is 26.8. The van der Waals surface area contributed by atoms with Gasteiger partial charge in [0.2, 0.25) is 41.4 Å². The lowest BCUT2D eigenvalue weighted by molar-refractivity contribution is -0.141. The monoisotopic (exact) mass is 1440 g/mol. The Morgan fingerprint density at radius 2 is 0.971 bits per heavy atom. The number of aliphatic carboxylic acids is 6. The average Bonchev–Trinajstić information content (AvgIpc) is 0.809. The van der Waals surface area contributed by atoms with Gasteiger partial charge in [-0.25, -0.2) is 14.4 Å². The van der Waals surface area contributed by atoms with Crippen LogP contribution in [0.5, 0.6) is 0 Å². The van der Waals surface area contributed by atoms with Crippen LogP contribution < -0.4 is 48.3 Å². The molecule has 5 rings (SSSR count). The van der Waals surface area contributed by atoms with E-state index in [1.807, 2.05) is 66.7 Å². The molecule has 2 aliphatic rings. The maximum Gasteiger partial charge on any atom is 0.326 e. The van der Waals surface area contributed by atoms with Crippen molar-refractivity contribution in [2.24, 2.45) is 23.5 Å². The Labute approximate surface area is 597 Å². The van der Waals surface area contributed by atoms with Gasteiger partial charge in [0.25, 0.3) is 0 Å². The molecule has 103 heavy (non-hydrogen) atoms. The number of amides is 9. The van der Waals surface area contributed by atoms with Crippen LogP contribution in [0.4, 0.5) is 4.79 Å². The van der Waals surface area contributed by atoms with Crippen molar-refractivity contribution in [3.63, 3.8) is 0 Å². The number of nitrogens with one attached hydrogen (secondary N) is 8. The van der Waals surface area contributed by atoms with Crippen molar-refractivity contribution < 1.29 is 97.8 Å². The van der Waals surface area contributed by atoms with Crippen LogP contribution in [0, 0.1) is 17.8 Å². The average molecular weight is 1440 g/mol. The van der Waals surface area contributed by atoms with Crippen LogP contribution in [-0.2, 0) is 75.2 Å². The first-order valence-corrected chi connectivity index (χ1v) is 34.8. The molecule has 0 aromatic heterocycles. The molecule has 3 aromatic carbocycles. The third-order valence-corrected chi connectivity index (χ3v) is 18.1. The Bertz CT molecular complexity index is 3370. The van der Waals surface area contributed by atoms with E-state index in [1.165, 1.54) is 0 Å². The highest BCUT2D eigenvalue weighted by Crippen LogP contribution is 2.29. The summed E-state index contributed by atoms with van der Waals surface area (Å²) in [6.07, 6.45) is 1.04. The molecule has 0 radical (unpaired) electrons. The Morgan fingerprint density at radius 1 is 0.466 bits per heavy atom. The Hall–Kier alpha value is -9.86. The summed E-state index contributed by atoms with van der Waals surface area (Å²) in [7, 11) is 0. The molecule has 6 unspecified atom stereocenters. The van der Waals surface area contributed by atoms with E-state index in [4.69, 9.17) is 10.8 Å². The van der Waals surface area contributed by atoms with Crippen LogP contribution in [0.1, 0.15) is 114 Å². The highest BCUT2D eigenvalue weighted by molar-refractivity contribution is 5.94. The molecule has 1 aliphatic carbocycles. The summed E-state index contributed by atoms with van der Waals surface area (Å²) >= 11 is 0. The fourth-order valence-electron chi connectivity index (χ4n) is 12.3. The Balaban J connectivity index is 1.26.